The molecule has 0 aliphatic carbocycles. The van der Waals surface area contributed by atoms with Crippen molar-refractivity contribution in [2.24, 2.45) is 0 Å². The maximum absolute atomic E-state index is 11.7. The summed E-state index contributed by atoms with van der Waals surface area (Å²) in [5.41, 5.74) is 3.97. The fraction of sp³-hybridized carbons (Fsp3) is 0.333. The second-order valence-electron chi connectivity index (χ2n) is 4.08. The summed E-state index contributed by atoms with van der Waals surface area (Å²) in [4.78, 5) is 13.6. The van der Waals surface area contributed by atoms with Gasteiger partial charge in [0.25, 0.3) is 0 Å². The third kappa shape index (κ3) is 1.08. The number of amides is 1. The molecule has 0 atom stereocenters. The Morgan fingerprint density at radius 1 is 1.33 bits per heavy atom. The van der Waals surface area contributed by atoms with Gasteiger partial charge in [0.2, 0.25) is 5.91 Å². The van der Waals surface area contributed by atoms with E-state index in [1.165, 1.54) is 5.56 Å². The molecule has 1 aromatic carbocycles. The van der Waals surface area contributed by atoms with Crippen LogP contribution in [0.15, 0.2) is 12.1 Å². The summed E-state index contributed by atoms with van der Waals surface area (Å²) >= 11 is 0. The van der Waals surface area contributed by atoms with E-state index >= 15 is 0 Å². The molecule has 2 aliphatic heterocycles. The Balaban J connectivity index is 2.25. The van der Waals surface area contributed by atoms with Gasteiger partial charge in [-0.3, -0.25) is 4.79 Å². The van der Waals surface area contributed by atoms with Crippen LogP contribution in [0.1, 0.15) is 23.1 Å². The molecular weight excluding hydrogens is 188 g/mol. The minimum absolute atomic E-state index is 0.182. The van der Waals surface area contributed by atoms with Crippen molar-refractivity contribution < 1.29 is 4.79 Å². The highest BCUT2D eigenvalue weighted by Gasteiger charge is 2.32. The van der Waals surface area contributed by atoms with E-state index in [9.17, 15) is 4.79 Å². The number of nitriles is 1. The van der Waals surface area contributed by atoms with Crippen LogP contribution in [0.25, 0.3) is 0 Å². The van der Waals surface area contributed by atoms with Gasteiger partial charge in [0.05, 0.1) is 23.7 Å². The summed E-state index contributed by atoms with van der Waals surface area (Å²) in [6.45, 7) is 0.838. The Kier molecular flexibility index (Phi) is 1.60. The van der Waals surface area contributed by atoms with Crippen LogP contribution in [0.5, 0.6) is 0 Å². The van der Waals surface area contributed by atoms with Gasteiger partial charge in [-0.15, -0.1) is 0 Å². The monoisotopic (exact) mass is 198 g/mol. The van der Waals surface area contributed by atoms with E-state index in [-0.39, 0.29) is 5.91 Å². The molecule has 3 nitrogen and oxygen atoms in total. The highest BCUT2D eigenvalue weighted by atomic mass is 16.2. The van der Waals surface area contributed by atoms with Gasteiger partial charge >= 0.3 is 0 Å². The number of nitrogens with zero attached hydrogens (tertiary/aromatic N) is 2. The Morgan fingerprint density at radius 3 is 2.93 bits per heavy atom. The highest BCUT2D eigenvalue weighted by molar-refractivity contribution is 6.02. The molecule has 0 radical (unpaired) electrons. The van der Waals surface area contributed by atoms with Crippen molar-refractivity contribution >= 4 is 11.6 Å². The first kappa shape index (κ1) is 8.49. The lowest BCUT2D eigenvalue weighted by Crippen LogP contribution is -2.31. The second-order valence-corrected chi connectivity index (χ2v) is 4.08. The van der Waals surface area contributed by atoms with E-state index in [0.717, 1.165) is 30.6 Å². The predicted octanol–water partition coefficient (Wildman–Crippen LogP) is 1.39. The van der Waals surface area contributed by atoms with Crippen LogP contribution in [0, 0.1) is 11.3 Å². The van der Waals surface area contributed by atoms with Crippen molar-refractivity contribution in [2.45, 2.75) is 19.3 Å². The van der Waals surface area contributed by atoms with Crippen molar-refractivity contribution in [1.29, 1.82) is 5.26 Å². The Morgan fingerprint density at radius 2 is 2.13 bits per heavy atom. The summed E-state index contributed by atoms with van der Waals surface area (Å²) in [5.74, 6) is 0.182. The molecule has 0 unspecified atom stereocenters. The van der Waals surface area contributed by atoms with Crippen LogP contribution in [0.3, 0.4) is 0 Å². The first-order chi connectivity index (χ1) is 7.29. The molecule has 0 saturated heterocycles. The fourth-order valence-corrected chi connectivity index (χ4v) is 2.54. The van der Waals surface area contributed by atoms with Crippen molar-refractivity contribution in [1.82, 2.24) is 0 Å². The molecule has 1 aromatic rings. The molecule has 74 valence electrons. The van der Waals surface area contributed by atoms with Gasteiger partial charge in [-0.25, -0.2) is 0 Å². The van der Waals surface area contributed by atoms with Crippen molar-refractivity contribution in [3.8, 4) is 6.07 Å². The minimum atomic E-state index is 0.182. The average molecular weight is 198 g/mol. The molecule has 15 heavy (non-hydrogen) atoms. The summed E-state index contributed by atoms with van der Waals surface area (Å²) in [6.07, 6.45) is 2.46. The first-order valence-corrected chi connectivity index (χ1v) is 5.16. The number of aryl methyl sites for hydroxylation is 1. The molecule has 1 amide bonds. The van der Waals surface area contributed by atoms with E-state index in [1.807, 2.05) is 17.0 Å². The van der Waals surface area contributed by atoms with Crippen LogP contribution < -0.4 is 4.90 Å². The van der Waals surface area contributed by atoms with Crippen LogP contribution >= 0.6 is 0 Å². The van der Waals surface area contributed by atoms with Gasteiger partial charge in [0.15, 0.2) is 0 Å². The van der Waals surface area contributed by atoms with Gasteiger partial charge in [-0.05, 0) is 36.1 Å². The van der Waals surface area contributed by atoms with Gasteiger partial charge in [0, 0.05) is 6.54 Å². The molecule has 2 aliphatic rings. The smallest absolute Gasteiger partial charge is 0.231 e. The molecular formula is C12H10N2O. The zero-order valence-corrected chi connectivity index (χ0v) is 8.29. The van der Waals surface area contributed by atoms with Crippen LogP contribution in [-0.4, -0.2) is 12.5 Å². The average Bonchev–Trinajstić information content (AvgIpc) is 2.58. The number of anilines is 1. The third-order valence-electron chi connectivity index (χ3n) is 3.14. The minimum Gasteiger partial charge on any atom is -0.312 e. The van der Waals surface area contributed by atoms with Crippen molar-refractivity contribution in [3.05, 3.63) is 28.8 Å². The van der Waals surface area contributed by atoms with E-state index in [0.29, 0.717) is 12.0 Å². The molecule has 0 saturated carbocycles. The maximum Gasteiger partial charge on any atom is 0.231 e. The number of rotatable bonds is 0. The first-order valence-electron chi connectivity index (χ1n) is 5.16. The lowest BCUT2D eigenvalue weighted by molar-refractivity contribution is -0.117. The van der Waals surface area contributed by atoms with E-state index in [1.54, 1.807) is 0 Å². The lowest BCUT2D eigenvalue weighted by atomic mass is 9.97. The zero-order chi connectivity index (χ0) is 10.4. The summed E-state index contributed by atoms with van der Waals surface area (Å²) in [6, 6.07) is 5.92. The van der Waals surface area contributed by atoms with Crippen molar-refractivity contribution in [3.63, 3.8) is 0 Å². The van der Waals surface area contributed by atoms with E-state index < -0.39 is 0 Å². The number of carbonyl (C=O) groups is 1. The summed E-state index contributed by atoms with van der Waals surface area (Å²) < 4.78 is 0. The second kappa shape index (κ2) is 2.83. The Hall–Kier alpha value is -1.82. The largest absolute Gasteiger partial charge is 0.312 e. The number of hydrogen-bond donors (Lipinski definition) is 0. The topological polar surface area (TPSA) is 44.1 Å². The molecule has 0 spiro atoms. The molecule has 0 aromatic heterocycles. The maximum atomic E-state index is 11.7. The van der Waals surface area contributed by atoms with E-state index in [2.05, 4.69) is 6.07 Å². The van der Waals surface area contributed by atoms with Gasteiger partial charge < -0.3 is 4.90 Å². The van der Waals surface area contributed by atoms with Gasteiger partial charge in [-0.2, -0.15) is 5.26 Å². The quantitative estimate of drug-likeness (QED) is 0.632. The fourth-order valence-electron chi connectivity index (χ4n) is 2.54. The van der Waals surface area contributed by atoms with Crippen LogP contribution in [0.2, 0.25) is 0 Å². The van der Waals surface area contributed by atoms with Crippen molar-refractivity contribution in [2.75, 3.05) is 11.4 Å². The zero-order valence-electron chi connectivity index (χ0n) is 8.29. The SMILES string of the molecule is N#Cc1cc2c3c(c1)CC(=O)N3CCC2. The molecule has 2 heterocycles. The highest BCUT2D eigenvalue weighted by Crippen LogP contribution is 2.37. The van der Waals surface area contributed by atoms with Crippen LogP contribution in [0.4, 0.5) is 5.69 Å². The van der Waals surface area contributed by atoms with Gasteiger partial charge in [-0.1, -0.05) is 0 Å². The number of carbonyl (C=O) groups excluding carboxylic acids is 1. The Bertz CT molecular complexity index is 499. The third-order valence-corrected chi connectivity index (χ3v) is 3.14. The molecule has 0 N–H and O–H groups in total. The predicted molar refractivity (Wildman–Crippen MR) is 55.5 cm³/mol. The molecule has 0 bridgehead atoms. The number of benzene rings is 1. The molecule has 0 fully saturated rings. The molecule has 3 rings (SSSR count). The molecule has 3 heteroatoms. The van der Waals surface area contributed by atoms with E-state index in [4.69, 9.17) is 5.26 Å². The normalized spacial score (nSPS) is 17.5. The number of hydrogen-bond acceptors (Lipinski definition) is 2. The Labute approximate surface area is 87.9 Å². The summed E-state index contributed by atoms with van der Waals surface area (Å²) in [5, 5.41) is 8.89. The van der Waals surface area contributed by atoms with Gasteiger partial charge in [0.1, 0.15) is 0 Å². The van der Waals surface area contributed by atoms with Crippen LogP contribution in [-0.2, 0) is 17.6 Å². The summed E-state index contributed by atoms with van der Waals surface area (Å²) in [7, 11) is 0. The standard InChI is InChI=1S/C12H10N2O/c13-7-8-4-9-2-1-3-14-11(15)6-10(5-8)12(9)14/h4-5H,1-3,6H2. The lowest BCUT2D eigenvalue weighted by Gasteiger charge is -2.25.